The van der Waals surface area contributed by atoms with E-state index < -0.39 is 0 Å². The van der Waals surface area contributed by atoms with Gasteiger partial charge in [-0.2, -0.15) is 0 Å². The summed E-state index contributed by atoms with van der Waals surface area (Å²) in [4.78, 5) is 15.7. The van der Waals surface area contributed by atoms with E-state index in [1.807, 2.05) is 25.1 Å². The molecule has 0 saturated carbocycles. The van der Waals surface area contributed by atoms with Gasteiger partial charge in [0.15, 0.2) is 0 Å². The van der Waals surface area contributed by atoms with Gasteiger partial charge in [-0.3, -0.25) is 4.79 Å². The van der Waals surface area contributed by atoms with E-state index in [9.17, 15) is 4.79 Å². The summed E-state index contributed by atoms with van der Waals surface area (Å²) in [7, 11) is 0. The van der Waals surface area contributed by atoms with Gasteiger partial charge in [-0.05, 0) is 38.3 Å². The van der Waals surface area contributed by atoms with Crippen molar-refractivity contribution >= 4 is 16.8 Å². The molecule has 2 N–H and O–H groups in total. The van der Waals surface area contributed by atoms with Crippen LogP contribution in [0.5, 0.6) is 0 Å². The molecule has 4 nitrogen and oxygen atoms in total. The summed E-state index contributed by atoms with van der Waals surface area (Å²) in [5.74, 6) is 0.521. The first-order valence-electron chi connectivity index (χ1n) is 8.08. The van der Waals surface area contributed by atoms with Gasteiger partial charge in [0.2, 0.25) is 5.91 Å². The van der Waals surface area contributed by atoms with Crippen LogP contribution in [-0.4, -0.2) is 30.1 Å². The Morgan fingerprint density at radius 3 is 3.05 bits per heavy atom. The summed E-state index contributed by atoms with van der Waals surface area (Å²) in [6, 6.07) is 8.30. The van der Waals surface area contributed by atoms with Crippen LogP contribution in [0.4, 0.5) is 0 Å². The highest BCUT2D eigenvalue weighted by Gasteiger charge is 2.22. The van der Waals surface area contributed by atoms with Crippen molar-refractivity contribution in [1.82, 2.24) is 10.3 Å². The second-order valence-corrected chi connectivity index (χ2v) is 6.28. The quantitative estimate of drug-likeness (QED) is 0.912. The van der Waals surface area contributed by atoms with Crippen molar-refractivity contribution in [3.8, 4) is 0 Å². The summed E-state index contributed by atoms with van der Waals surface area (Å²) >= 11 is 0. The molecule has 22 heavy (non-hydrogen) atoms. The zero-order chi connectivity index (χ0) is 15.5. The molecule has 1 amide bonds. The SMILES string of the molecule is Cc1[nH]c2ccccc2c1CC(=O)N[C@H](C)[C@H]1CCCOC1. The highest BCUT2D eigenvalue weighted by Crippen LogP contribution is 2.22. The molecule has 1 aliphatic heterocycles. The lowest BCUT2D eigenvalue weighted by atomic mass is 9.94. The van der Waals surface area contributed by atoms with Gasteiger partial charge in [-0.25, -0.2) is 0 Å². The third kappa shape index (κ3) is 3.17. The molecular weight excluding hydrogens is 276 g/mol. The van der Waals surface area contributed by atoms with E-state index in [0.717, 1.165) is 48.2 Å². The van der Waals surface area contributed by atoms with Gasteiger partial charge < -0.3 is 15.0 Å². The van der Waals surface area contributed by atoms with Gasteiger partial charge in [0.05, 0.1) is 13.0 Å². The topological polar surface area (TPSA) is 54.1 Å². The van der Waals surface area contributed by atoms with Crippen molar-refractivity contribution < 1.29 is 9.53 Å². The zero-order valence-corrected chi connectivity index (χ0v) is 13.3. The second-order valence-electron chi connectivity index (χ2n) is 6.28. The number of carbonyl (C=O) groups excluding carboxylic acids is 1. The molecule has 0 aliphatic carbocycles. The minimum Gasteiger partial charge on any atom is -0.381 e. The Morgan fingerprint density at radius 2 is 2.27 bits per heavy atom. The van der Waals surface area contributed by atoms with Gasteiger partial charge in [0, 0.05) is 35.2 Å². The maximum Gasteiger partial charge on any atom is 0.224 e. The summed E-state index contributed by atoms with van der Waals surface area (Å²) in [5, 5.41) is 4.29. The van der Waals surface area contributed by atoms with E-state index in [2.05, 4.69) is 23.3 Å². The Kier molecular flexibility index (Phi) is 4.48. The first-order chi connectivity index (χ1) is 10.6. The van der Waals surface area contributed by atoms with E-state index in [1.165, 1.54) is 0 Å². The third-order valence-corrected chi connectivity index (χ3v) is 4.66. The van der Waals surface area contributed by atoms with Gasteiger partial charge in [-0.1, -0.05) is 18.2 Å². The normalized spacial score (nSPS) is 20.0. The number of nitrogens with one attached hydrogen (secondary N) is 2. The van der Waals surface area contributed by atoms with Crippen LogP contribution >= 0.6 is 0 Å². The van der Waals surface area contributed by atoms with Crippen LogP contribution in [0, 0.1) is 12.8 Å². The summed E-state index contributed by atoms with van der Waals surface area (Å²) in [6.07, 6.45) is 2.65. The molecule has 2 aromatic rings. The molecule has 1 saturated heterocycles. The van der Waals surface area contributed by atoms with Crippen LogP contribution in [-0.2, 0) is 16.0 Å². The van der Waals surface area contributed by atoms with Crippen LogP contribution in [0.2, 0.25) is 0 Å². The maximum absolute atomic E-state index is 12.4. The predicted molar refractivity (Wildman–Crippen MR) is 87.9 cm³/mol. The number of aromatic amines is 1. The molecule has 1 aliphatic rings. The first kappa shape index (κ1) is 15.1. The van der Waals surface area contributed by atoms with Crippen LogP contribution < -0.4 is 5.32 Å². The number of hydrogen-bond donors (Lipinski definition) is 2. The minimum atomic E-state index is 0.0888. The summed E-state index contributed by atoms with van der Waals surface area (Å²) in [6.45, 7) is 5.72. The van der Waals surface area contributed by atoms with Crippen LogP contribution in [0.15, 0.2) is 24.3 Å². The number of aromatic nitrogens is 1. The fourth-order valence-electron chi connectivity index (χ4n) is 3.31. The lowest BCUT2D eigenvalue weighted by Gasteiger charge is -2.28. The minimum absolute atomic E-state index is 0.0888. The maximum atomic E-state index is 12.4. The number of benzene rings is 1. The lowest BCUT2D eigenvalue weighted by molar-refractivity contribution is -0.121. The highest BCUT2D eigenvalue weighted by atomic mass is 16.5. The number of rotatable bonds is 4. The van der Waals surface area contributed by atoms with Crippen molar-refractivity contribution in [3.05, 3.63) is 35.5 Å². The predicted octanol–water partition coefficient (Wildman–Crippen LogP) is 2.95. The van der Waals surface area contributed by atoms with E-state index in [1.54, 1.807) is 0 Å². The number of carbonyl (C=O) groups is 1. The van der Waals surface area contributed by atoms with Gasteiger partial charge in [0.1, 0.15) is 0 Å². The number of amides is 1. The monoisotopic (exact) mass is 300 g/mol. The molecule has 1 fully saturated rings. The van der Waals surface area contributed by atoms with Crippen LogP contribution in [0.1, 0.15) is 31.0 Å². The number of hydrogen-bond acceptors (Lipinski definition) is 2. The smallest absolute Gasteiger partial charge is 0.224 e. The average molecular weight is 300 g/mol. The molecule has 4 heteroatoms. The van der Waals surface area contributed by atoms with E-state index in [-0.39, 0.29) is 11.9 Å². The number of H-pyrrole nitrogens is 1. The average Bonchev–Trinajstić information content (AvgIpc) is 2.84. The summed E-state index contributed by atoms with van der Waals surface area (Å²) < 4.78 is 5.51. The Balaban J connectivity index is 1.66. The zero-order valence-electron chi connectivity index (χ0n) is 13.3. The molecule has 1 aromatic heterocycles. The largest absolute Gasteiger partial charge is 0.381 e. The number of aryl methyl sites for hydroxylation is 1. The molecule has 3 rings (SSSR count). The summed E-state index contributed by atoms with van der Waals surface area (Å²) in [5.41, 5.74) is 3.27. The molecule has 118 valence electrons. The van der Waals surface area contributed by atoms with E-state index in [4.69, 9.17) is 4.74 Å². The van der Waals surface area contributed by atoms with Crippen molar-refractivity contribution in [3.63, 3.8) is 0 Å². The molecule has 0 unspecified atom stereocenters. The third-order valence-electron chi connectivity index (χ3n) is 4.66. The van der Waals surface area contributed by atoms with E-state index in [0.29, 0.717) is 12.3 Å². The van der Waals surface area contributed by atoms with Gasteiger partial charge in [0.25, 0.3) is 0 Å². The Bertz CT molecular complexity index is 656. The van der Waals surface area contributed by atoms with Gasteiger partial charge in [-0.15, -0.1) is 0 Å². The van der Waals surface area contributed by atoms with Gasteiger partial charge >= 0.3 is 0 Å². The molecule has 2 atom stereocenters. The fraction of sp³-hybridized carbons (Fsp3) is 0.500. The van der Waals surface area contributed by atoms with Crippen molar-refractivity contribution in [1.29, 1.82) is 0 Å². The van der Waals surface area contributed by atoms with Crippen LogP contribution in [0.3, 0.4) is 0 Å². The van der Waals surface area contributed by atoms with Crippen molar-refractivity contribution in [2.24, 2.45) is 5.92 Å². The Hall–Kier alpha value is -1.81. The van der Waals surface area contributed by atoms with E-state index >= 15 is 0 Å². The lowest BCUT2D eigenvalue weighted by Crippen LogP contribution is -2.41. The van der Waals surface area contributed by atoms with Crippen LogP contribution in [0.25, 0.3) is 10.9 Å². The van der Waals surface area contributed by atoms with Crippen molar-refractivity contribution in [2.75, 3.05) is 13.2 Å². The molecule has 0 bridgehead atoms. The Labute approximate surface area is 131 Å². The highest BCUT2D eigenvalue weighted by molar-refractivity contribution is 5.90. The number of ether oxygens (including phenoxy) is 1. The number of para-hydroxylation sites is 1. The van der Waals surface area contributed by atoms with Crippen molar-refractivity contribution in [2.45, 2.75) is 39.2 Å². The molecular formula is C18H24N2O2. The fourth-order valence-corrected chi connectivity index (χ4v) is 3.31. The number of fused-ring (bicyclic) bond motifs is 1. The first-order valence-corrected chi connectivity index (χ1v) is 8.08. The second kappa shape index (κ2) is 6.53. The molecule has 1 aromatic carbocycles. The molecule has 0 spiro atoms. The molecule has 2 heterocycles. The Morgan fingerprint density at radius 1 is 1.45 bits per heavy atom. The standard InChI is InChI=1S/C18H24N2O2/c1-12(14-6-5-9-22-11-14)20-18(21)10-16-13(2)19-17-8-4-3-7-15(16)17/h3-4,7-8,12,14,19H,5-6,9-11H2,1-2H3,(H,20,21)/t12-,14+/m1/s1. The molecule has 0 radical (unpaired) electrons.